The lowest BCUT2D eigenvalue weighted by Gasteiger charge is -2.11. The third-order valence-corrected chi connectivity index (χ3v) is 5.53. The highest BCUT2D eigenvalue weighted by atomic mass is 32.2. The second-order valence-corrected chi connectivity index (χ2v) is 7.15. The smallest absolute Gasteiger partial charge is 0.345 e. The number of sulfonamides is 1. The lowest BCUT2D eigenvalue weighted by atomic mass is 10.1. The summed E-state index contributed by atoms with van der Waals surface area (Å²) in [5.41, 5.74) is 0.574. The first-order valence-corrected chi connectivity index (χ1v) is 8.13. The van der Waals surface area contributed by atoms with Crippen molar-refractivity contribution < 1.29 is 22.7 Å². The zero-order valence-corrected chi connectivity index (χ0v) is 12.8. The number of anilines is 1. The Hall–Kier alpha value is -1.93. The van der Waals surface area contributed by atoms with Gasteiger partial charge in [0.25, 0.3) is 10.0 Å². The zero-order chi connectivity index (χ0) is 15.8. The fourth-order valence-electron chi connectivity index (χ4n) is 2.01. The van der Waals surface area contributed by atoms with Gasteiger partial charge in [0.05, 0.1) is 4.90 Å². The van der Waals surface area contributed by atoms with Crippen molar-refractivity contribution in [1.82, 2.24) is 0 Å². The van der Waals surface area contributed by atoms with Crippen molar-refractivity contribution in [3.8, 4) is 0 Å². The van der Waals surface area contributed by atoms with E-state index in [1.165, 1.54) is 26.0 Å². The molecule has 112 valence electrons. The van der Waals surface area contributed by atoms with E-state index in [9.17, 15) is 17.6 Å². The molecule has 0 aliphatic carbocycles. The molecule has 0 aliphatic rings. The molecule has 0 saturated heterocycles. The van der Waals surface area contributed by atoms with E-state index >= 15 is 0 Å². The maximum Gasteiger partial charge on any atom is 0.345 e. The summed E-state index contributed by atoms with van der Waals surface area (Å²) in [6.07, 6.45) is 0. The molecule has 1 aromatic carbocycles. The number of halogens is 1. The molecule has 0 aliphatic heterocycles. The maximum absolute atomic E-state index is 13.2. The second-order valence-electron chi connectivity index (χ2n) is 4.44. The molecule has 0 fully saturated rings. The Kier molecular flexibility index (Phi) is 4.02. The van der Waals surface area contributed by atoms with Crippen LogP contribution in [0, 0.1) is 19.7 Å². The number of nitrogens with one attached hydrogen (secondary N) is 1. The molecule has 0 bridgehead atoms. The summed E-state index contributed by atoms with van der Waals surface area (Å²) in [6, 6.07) is 4.96. The number of thiophene rings is 1. The monoisotopic (exact) mass is 329 g/mol. The molecule has 0 radical (unpaired) electrons. The van der Waals surface area contributed by atoms with Gasteiger partial charge in [-0.2, -0.15) is 0 Å². The van der Waals surface area contributed by atoms with Gasteiger partial charge in [0.1, 0.15) is 15.7 Å². The van der Waals surface area contributed by atoms with Gasteiger partial charge < -0.3 is 5.11 Å². The molecule has 21 heavy (non-hydrogen) atoms. The predicted octanol–water partition coefficient (Wildman–Crippen LogP) is 3.00. The molecule has 0 unspecified atom stereocenters. The van der Waals surface area contributed by atoms with Crippen LogP contribution in [0.15, 0.2) is 29.2 Å². The number of hydrogen-bond donors (Lipinski definition) is 2. The second kappa shape index (κ2) is 5.45. The van der Waals surface area contributed by atoms with Crippen LogP contribution in [-0.2, 0) is 10.0 Å². The van der Waals surface area contributed by atoms with E-state index in [1.54, 1.807) is 0 Å². The van der Waals surface area contributed by atoms with E-state index in [4.69, 9.17) is 5.11 Å². The Labute approximate surface area is 125 Å². The number of aromatic carboxylic acids is 1. The molecular weight excluding hydrogens is 317 g/mol. The van der Waals surface area contributed by atoms with Crippen molar-refractivity contribution in [3.63, 3.8) is 0 Å². The first kappa shape index (κ1) is 15.5. The summed E-state index contributed by atoms with van der Waals surface area (Å²) >= 11 is 0.813. The maximum atomic E-state index is 13.2. The van der Waals surface area contributed by atoms with Crippen LogP contribution in [0.5, 0.6) is 0 Å². The predicted molar refractivity (Wildman–Crippen MR) is 78.0 cm³/mol. The van der Waals surface area contributed by atoms with Crippen LogP contribution in [0.2, 0.25) is 0 Å². The van der Waals surface area contributed by atoms with Crippen LogP contribution >= 0.6 is 11.3 Å². The van der Waals surface area contributed by atoms with Crippen molar-refractivity contribution in [1.29, 1.82) is 0 Å². The minimum atomic E-state index is -3.90. The minimum absolute atomic E-state index is 0.00539. The standard InChI is InChI=1S/C13H12FNO4S2/c1-7-5-9(14)6-8(2)12(7)21(18,19)15-11-4-3-10(20-11)13(16)17/h3-6,15H,1-2H3,(H,16,17). The largest absolute Gasteiger partial charge is 0.477 e. The van der Waals surface area contributed by atoms with E-state index in [1.807, 2.05) is 0 Å². The van der Waals surface area contributed by atoms with Crippen molar-refractivity contribution in [3.05, 3.63) is 46.1 Å². The van der Waals surface area contributed by atoms with E-state index in [2.05, 4.69) is 4.72 Å². The topological polar surface area (TPSA) is 83.5 Å². The molecule has 2 N–H and O–H groups in total. The number of carbonyl (C=O) groups is 1. The third-order valence-electron chi connectivity index (χ3n) is 2.75. The van der Waals surface area contributed by atoms with E-state index < -0.39 is 21.8 Å². The molecule has 0 atom stereocenters. The quantitative estimate of drug-likeness (QED) is 0.903. The van der Waals surface area contributed by atoms with Crippen LogP contribution in [-0.4, -0.2) is 19.5 Å². The van der Waals surface area contributed by atoms with Crippen molar-refractivity contribution in [2.75, 3.05) is 4.72 Å². The third kappa shape index (κ3) is 3.22. The Morgan fingerprint density at radius 3 is 2.29 bits per heavy atom. The van der Waals surface area contributed by atoms with Crippen molar-refractivity contribution >= 4 is 32.3 Å². The summed E-state index contributed by atoms with van der Waals surface area (Å²) in [6.45, 7) is 3.00. The average molecular weight is 329 g/mol. The number of carboxylic acid groups (broad SMARTS) is 1. The number of carboxylic acids is 1. The zero-order valence-electron chi connectivity index (χ0n) is 11.2. The first-order valence-electron chi connectivity index (χ1n) is 5.83. The van der Waals surface area contributed by atoms with Crippen LogP contribution in [0.1, 0.15) is 20.8 Å². The number of rotatable bonds is 4. The molecule has 2 aromatic rings. The Bertz CT molecular complexity index is 788. The van der Waals surface area contributed by atoms with Gasteiger partial charge in [-0.15, -0.1) is 11.3 Å². The van der Waals surface area contributed by atoms with Gasteiger partial charge in [-0.1, -0.05) is 0 Å². The number of aryl methyl sites for hydroxylation is 2. The Morgan fingerprint density at radius 1 is 1.24 bits per heavy atom. The Morgan fingerprint density at radius 2 is 1.81 bits per heavy atom. The summed E-state index contributed by atoms with van der Waals surface area (Å²) in [5.74, 6) is -1.63. The normalized spacial score (nSPS) is 11.4. The summed E-state index contributed by atoms with van der Waals surface area (Å²) in [4.78, 5) is 10.8. The van der Waals surface area contributed by atoms with Crippen molar-refractivity contribution in [2.45, 2.75) is 18.7 Å². The van der Waals surface area contributed by atoms with Crippen molar-refractivity contribution in [2.24, 2.45) is 0 Å². The van der Waals surface area contributed by atoms with Crippen LogP contribution in [0.25, 0.3) is 0 Å². The van der Waals surface area contributed by atoms with Gasteiger partial charge in [-0.3, -0.25) is 4.72 Å². The molecule has 1 aromatic heterocycles. The molecule has 0 spiro atoms. The van der Waals surface area contributed by atoms with E-state index in [0.717, 1.165) is 23.5 Å². The molecule has 0 saturated carbocycles. The summed E-state index contributed by atoms with van der Waals surface area (Å²) in [7, 11) is -3.90. The van der Waals surface area contributed by atoms with Crippen LogP contribution < -0.4 is 4.72 Å². The lowest BCUT2D eigenvalue weighted by Crippen LogP contribution is -2.15. The highest BCUT2D eigenvalue weighted by Crippen LogP contribution is 2.28. The lowest BCUT2D eigenvalue weighted by molar-refractivity contribution is 0.0702. The van der Waals surface area contributed by atoms with Crippen LogP contribution in [0.4, 0.5) is 9.39 Å². The summed E-state index contributed by atoms with van der Waals surface area (Å²) in [5, 5.41) is 9.01. The summed E-state index contributed by atoms with van der Waals surface area (Å²) < 4.78 is 40.3. The van der Waals surface area contributed by atoms with Crippen LogP contribution in [0.3, 0.4) is 0 Å². The number of hydrogen-bond acceptors (Lipinski definition) is 4. The van der Waals surface area contributed by atoms with E-state index in [0.29, 0.717) is 0 Å². The van der Waals surface area contributed by atoms with E-state index in [-0.39, 0.29) is 25.9 Å². The number of benzene rings is 1. The SMILES string of the molecule is Cc1cc(F)cc(C)c1S(=O)(=O)Nc1ccc(C(=O)O)s1. The fraction of sp³-hybridized carbons (Fsp3) is 0.154. The minimum Gasteiger partial charge on any atom is -0.477 e. The molecule has 5 nitrogen and oxygen atoms in total. The molecule has 1 heterocycles. The van der Waals surface area contributed by atoms with Gasteiger partial charge in [0, 0.05) is 0 Å². The Balaban J connectivity index is 2.41. The highest BCUT2D eigenvalue weighted by Gasteiger charge is 2.21. The average Bonchev–Trinajstić information content (AvgIpc) is 2.74. The molecular formula is C13H12FNO4S2. The molecule has 2 rings (SSSR count). The molecule has 8 heteroatoms. The molecule has 0 amide bonds. The van der Waals surface area contributed by atoms with Gasteiger partial charge in [-0.25, -0.2) is 17.6 Å². The highest BCUT2D eigenvalue weighted by molar-refractivity contribution is 7.93. The van der Waals surface area contributed by atoms with Gasteiger partial charge in [-0.05, 0) is 49.2 Å². The van der Waals surface area contributed by atoms with Gasteiger partial charge >= 0.3 is 5.97 Å². The van der Waals surface area contributed by atoms with Gasteiger partial charge in [0.15, 0.2) is 0 Å². The fourth-order valence-corrected chi connectivity index (χ4v) is 4.51. The first-order chi connectivity index (χ1) is 9.70. The van der Waals surface area contributed by atoms with Gasteiger partial charge in [0.2, 0.25) is 0 Å².